The van der Waals surface area contributed by atoms with Gasteiger partial charge in [-0.1, -0.05) is 11.6 Å². The fraction of sp³-hybridized carbons (Fsp3) is 0.231. The molecule has 2 heterocycles. The summed E-state index contributed by atoms with van der Waals surface area (Å²) in [6, 6.07) is 3.30. The molecule has 1 atom stereocenters. The molecule has 3 rings (SSSR count). The van der Waals surface area contributed by atoms with Gasteiger partial charge in [0, 0.05) is 22.6 Å². The van der Waals surface area contributed by atoms with Crippen molar-refractivity contribution in [2.75, 3.05) is 0 Å². The molecule has 2 aromatic rings. The van der Waals surface area contributed by atoms with Crippen molar-refractivity contribution < 1.29 is 39.5 Å². The van der Waals surface area contributed by atoms with Crippen molar-refractivity contribution in [1.82, 2.24) is 4.57 Å². The first kappa shape index (κ1) is 14.6. The van der Waals surface area contributed by atoms with Crippen LogP contribution >= 0.6 is 11.6 Å². The number of carbonyl (C=O) groups excluding carboxylic acids is 1. The smallest absolute Gasteiger partial charge is 0.545 e. The molecular formula is C13H9ClNNaO3. The van der Waals surface area contributed by atoms with Crippen LogP contribution in [-0.2, 0) is 6.42 Å². The van der Waals surface area contributed by atoms with Crippen molar-refractivity contribution in [3.8, 4) is 0 Å². The van der Waals surface area contributed by atoms with Crippen molar-refractivity contribution >= 4 is 28.5 Å². The summed E-state index contributed by atoms with van der Waals surface area (Å²) in [6.45, 7) is 1.96. The molecule has 0 saturated heterocycles. The van der Waals surface area contributed by atoms with Crippen molar-refractivity contribution in [3.63, 3.8) is 0 Å². The van der Waals surface area contributed by atoms with Crippen LogP contribution in [0.3, 0.4) is 0 Å². The Labute approximate surface area is 136 Å². The third-order valence-electron chi connectivity index (χ3n) is 3.44. The SMILES string of the molecule is CC1Cc2c(Cl)ccc3c(=O)c(C(=O)[O-])cn1c23.[Na+]. The summed E-state index contributed by atoms with van der Waals surface area (Å²) in [7, 11) is 0. The molecule has 1 aliphatic rings. The van der Waals surface area contributed by atoms with Crippen LogP contribution in [0.1, 0.15) is 28.9 Å². The fourth-order valence-electron chi connectivity index (χ4n) is 2.58. The van der Waals surface area contributed by atoms with Crippen molar-refractivity contribution in [1.29, 1.82) is 0 Å². The van der Waals surface area contributed by atoms with E-state index in [9.17, 15) is 14.7 Å². The van der Waals surface area contributed by atoms with E-state index in [2.05, 4.69) is 0 Å². The third-order valence-corrected chi connectivity index (χ3v) is 3.79. The van der Waals surface area contributed by atoms with E-state index >= 15 is 0 Å². The first-order valence-corrected chi connectivity index (χ1v) is 5.96. The minimum absolute atomic E-state index is 0. The molecule has 0 fully saturated rings. The summed E-state index contributed by atoms with van der Waals surface area (Å²) >= 11 is 6.11. The zero-order valence-corrected chi connectivity index (χ0v) is 13.3. The van der Waals surface area contributed by atoms with E-state index in [1.54, 1.807) is 16.7 Å². The van der Waals surface area contributed by atoms with Crippen molar-refractivity contribution in [2.24, 2.45) is 0 Å². The Bertz CT molecular complexity index is 754. The van der Waals surface area contributed by atoms with Crippen molar-refractivity contribution in [2.45, 2.75) is 19.4 Å². The molecule has 1 unspecified atom stereocenters. The topological polar surface area (TPSA) is 62.1 Å². The van der Waals surface area contributed by atoms with Crippen LogP contribution in [0.15, 0.2) is 23.1 Å². The third kappa shape index (κ3) is 2.03. The number of benzene rings is 1. The second-order valence-electron chi connectivity index (χ2n) is 4.54. The molecule has 6 heteroatoms. The van der Waals surface area contributed by atoms with E-state index in [1.807, 2.05) is 6.92 Å². The largest absolute Gasteiger partial charge is 1.00 e. The van der Waals surface area contributed by atoms with Gasteiger partial charge in [0.1, 0.15) is 0 Å². The number of carbonyl (C=O) groups is 1. The molecule has 1 aromatic heterocycles. The molecule has 1 aliphatic heterocycles. The molecule has 0 N–H and O–H groups in total. The monoisotopic (exact) mass is 285 g/mol. The Balaban J connectivity index is 0.00000133. The van der Waals surface area contributed by atoms with Crippen LogP contribution in [0.4, 0.5) is 0 Å². The molecule has 92 valence electrons. The number of hydrogen-bond acceptors (Lipinski definition) is 3. The van der Waals surface area contributed by atoms with Crippen LogP contribution in [-0.4, -0.2) is 10.5 Å². The van der Waals surface area contributed by atoms with Gasteiger partial charge in [0.25, 0.3) is 0 Å². The summed E-state index contributed by atoms with van der Waals surface area (Å²) < 4.78 is 1.79. The quantitative estimate of drug-likeness (QED) is 0.577. The van der Waals surface area contributed by atoms with Gasteiger partial charge in [-0.05, 0) is 31.0 Å². The van der Waals surface area contributed by atoms with E-state index < -0.39 is 11.4 Å². The van der Waals surface area contributed by atoms with E-state index in [1.165, 1.54) is 6.20 Å². The standard InChI is InChI=1S/C13H10ClNO3.Na/c1-6-4-8-10(14)3-2-7-11(8)15(6)5-9(12(7)16)13(17)18;/h2-3,5-6H,4H2,1H3,(H,17,18);/q;+1/p-1. The van der Waals surface area contributed by atoms with Gasteiger partial charge in [0.05, 0.1) is 17.0 Å². The molecule has 0 bridgehead atoms. The number of carboxylic acids is 1. The van der Waals surface area contributed by atoms with E-state index in [0.717, 1.165) is 11.1 Å². The number of aromatic carboxylic acids is 1. The Morgan fingerprint density at radius 3 is 2.79 bits per heavy atom. The molecule has 0 saturated carbocycles. The average molecular weight is 286 g/mol. The Morgan fingerprint density at radius 2 is 2.16 bits per heavy atom. The first-order chi connectivity index (χ1) is 8.50. The number of halogens is 1. The average Bonchev–Trinajstić information content (AvgIpc) is 2.64. The van der Waals surface area contributed by atoms with E-state index in [4.69, 9.17) is 11.6 Å². The molecule has 0 amide bonds. The number of hydrogen-bond donors (Lipinski definition) is 0. The van der Waals surface area contributed by atoms with Crippen LogP contribution in [0.2, 0.25) is 5.02 Å². The number of carboxylic acid groups (broad SMARTS) is 1. The molecule has 0 spiro atoms. The van der Waals surface area contributed by atoms with Gasteiger partial charge in [0.2, 0.25) is 0 Å². The van der Waals surface area contributed by atoms with Crippen molar-refractivity contribution in [3.05, 3.63) is 44.7 Å². The van der Waals surface area contributed by atoms with Gasteiger partial charge in [-0.25, -0.2) is 0 Å². The first-order valence-electron chi connectivity index (χ1n) is 5.58. The summed E-state index contributed by atoms with van der Waals surface area (Å²) in [6.07, 6.45) is 2.06. The van der Waals surface area contributed by atoms with Gasteiger partial charge in [-0.3, -0.25) is 4.79 Å². The van der Waals surface area contributed by atoms with Gasteiger partial charge in [0.15, 0.2) is 5.43 Å². The van der Waals surface area contributed by atoms with E-state index in [0.29, 0.717) is 16.8 Å². The number of aromatic nitrogens is 1. The van der Waals surface area contributed by atoms with Gasteiger partial charge in [-0.15, -0.1) is 0 Å². The predicted molar refractivity (Wildman–Crippen MR) is 66.0 cm³/mol. The van der Waals surface area contributed by atoms with Crippen LogP contribution in [0, 0.1) is 0 Å². The maximum absolute atomic E-state index is 12.0. The zero-order valence-electron chi connectivity index (χ0n) is 10.6. The molecular weight excluding hydrogens is 277 g/mol. The van der Waals surface area contributed by atoms with Crippen LogP contribution in [0.5, 0.6) is 0 Å². The summed E-state index contributed by atoms with van der Waals surface area (Å²) in [5.74, 6) is -1.44. The second kappa shape index (κ2) is 4.94. The zero-order chi connectivity index (χ0) is 13.0. The Morgan fingerprint density at radius 1 is 1.47 bits per heavy atom. The second-order valence-corrected chi connectivity index (χ2v) is 4.95. The maximum Gasteiger partial charge on any atom is 1.00 e. The molecule has 4 nitrogen and oxygen atoms in total. The summed E-state index contributed by atoms with van der Waals surface area (Å²) in [4.78, 5) is 23.0. The molecule has 0 radical (unpaired) electrons. The minimum Gasteiger partial charge on any atom is -0.545 e. The Kier molecular flexibility index (Phi) is 3.80. The number of nitrogens with zero attached hydrogens (tertiary/aromatic N) is 1. The number of rotatable bonds is 1. The summed E-state index contributed by atoms with van der Waals surface area (Å²) in [5, 5.41) is 12.0. The predicted octanol–water partition coefficient (Wildman–Crippen LogP) is -1.86. The normalized spacial score (nSPS) is 16.4. The van der Waals surface area contributed by atoms with E-state index in [-0.39, 0.29) is 41.2 Å². The molecule has 1 aromatic carbocycles. The molecule has 19 heavy (non-hydrogen) atoms. The Hall–Kier alpha value is -0.810. The van der Waals surface area contributed by atoms with Gasteiger partial charge < -0.3 is 14.5 Å². The fourth-order valence-corrected chi connectivity index (χ4v) is 2.81. The van der Waals surface area contributed by atoms with Crippen LogP contribution in [0.25, 0.3) is 10.9 Å². The maximum atomic E-state index is 12.0. The summed E-state index contributed by atoms with van der Waals surface area (Å²) in [5.41, 5.74) is 0.839. The van der Waals surface area contributed by atoms with Gasteiger partial charge >= 0.3 is 29.6 Å². The molecule has 0 aliphatic carbocycles. The minimum atomic E-state index is -1.44. The number of pyridine rings is 1. The van der Waals surface area contributed by atoms with Gasteiger partial charge in [-0.2, -0.15) is 0 Å². The van der Waals surface area contributed by atoms with Crippen LogP contribution < -0.4 is 40.1 Å².